The van der Waals surface area contributed by atoms with Gasteiger partial charge >= 0.3 is 5.97 Å². The van der Waals surface area contributed by atoms with Crippen molar-refractivity contribution in [2.45, 2.75) is 6.92 Å². The summed E-state index contributed by atoms with van der Waals surface area (Å²) in [5.41, 5.74) is 6.90. The van der Waals surface area contributed by atoms with Gasteiger partial charge in [-0.1, -0.05) is 6.07 Å². The second-order valence-corrected chi connectivity index (χ2v) is 3.28. The molecule has 0 aliphatic heterocycles. The molecule has 0 saturated heterocycles. The number of rotatable bonds is 2. The Kier molecular flexibility index (Phi) is 2.32. The molecule has 0 bridgehead atoms. The van der Waals surface area contributed by atoms with E-state index >= 15 is 0 Å². The number of nitrogens with zero attached hydrogens (tertiary/aromatic N) is 3. The zero-order valence-electron chi connectivity index (χ0n) is 8.58. The molecule has 2 aromatic heterocycles. The van der Waals surface area contributed by atoms with Crippen molar-refractivity contribution in [3.63, 3.8) is 0 Å². The molecule has 0 saturated carbocycles. The fourth-order valence-electron chi connectivity index (χ4n) is 1.31. The quantitative estimate of drug-likeness (QED) is 0.779. The summed E-state index contributed by atoms with van der Waals surface area (Å²) in [7, 11) is 0. The standard InChI is InChI=1S/C10H10N4O2/c1-6-7(11)5-12-14(6)9-4-2-3-8(13-9)10(15)16/h2-5H,11H2,1H3,(H,15,16). The third-order valence-corrected chi connectivity index (χ3v) is 2.22. The highest BCUT2D eigenvalue weighted by molar-refractivity contribution is 5.85. The number of pyridine rings is 1. The third-order valence-electron chi connectivity index (χ3n) is 2.22. The molecule has 6 heteroatoms. The summed E-state index contributed by atoms with van der Waals surface area (Å²) in [6, 6.07) is 4.71. The van der Waals surface area contributed by atoms with Crippen molar-refractivity contribution in [1.82, 2.24) is 14.8 Å². The number of hydrogen-bond donors (Lipinski definition) is 2. The summed E-state index contributed by atoms with van der Waals surface area (Å²) in [6.45, 7) is 1.79. The van der Waals surface area contributed by atoms with Crippen molar-refractivity contribution in [3.05, 3.63) is 35.8 Å². The molecule has 0 unspecified atom stereocenters. The van der Waals surface area contributed by atoms with Gasteiger partial charge in [-0.15, -0.1) is 0 Å². The maximum Gasteiger partial charge on any atom is 0.354 e. The molecule has 6 nitrogen and oxygen atoms in total. The zero-order chi connectivity index (χ0) is 11.7. The number of nitrogen functional groups attached to an aromatic ring is 1. The molecule has 3 N–H and O–H groups in total. The number of hydrogen-bond acceptors (Lipinski definition) is 4. The van der Waals surface area contributed by atoms with Gasteiger partial charge in [0.1, 0.15) is 0 Å². The van der Waals surface area contributed by atoms with E-state index in [1.54, 1.807) is 19.1 Å². The van der Waals surface area contributed by atoms with Gasteiger partial charge in [-0.05, 0) is 19.1 Å². The van der Waals surface area contributed by atoms with Gasteiger partial charge in [0, 0.05) is 0 Å². The Hall–Kier alpha value is -2.37. The van der Waals surface area contributed by atoms with E-state index in [4.69, 9.17) is 10.8 Å². The second kappa shape index (κ2) is 3.65. The van der Waals surface area contributed by atoms with Crippen LogP contribution in [-0.4, -0.2) is 25.8 Å². The fourth-order valence-corrected chi connectivity index (χ4v) is 1.31. The monoisotopic (exact) mass is 218 g/mol. The fraction of sp³-hybridized carbons (Fsp3) is 0.100. The number of carboxylic acids is 1. The molecule has 16 heavy (non-hydrogen) atoms. The predicted molar refractivity (Wildman–Crippen MR) is 57.5 cm³/mol. The number of aromatic carboxylic acids is 1. The maximum atomic E-state index is 10.8. The van der Waals surface area contributed by atoms with Crippen molar-refractivity contribution in [2.75, 3.05) is 5.73 Å². The van der Waals surface area contributed by atoms with E-state index in [1.165, 1.54) is 16.9 Å². The van der Waals surface area contributed by atoms with Crippen LogP contribution in [0.4, 0.5) is 5.69 Å². The van der Waals surface area contributed by atoms with Crippen molar-refractivity contribution < 1.29 is 9.90 Å². The smallest absolute Gasteiger partial charge is 0.354 e. The van der Waals surface area contributed by atoms with Crippen LogP contribution in [0.2, 0.25) is 0 Å². The Morgan fingerprint density at radius 3 is 2.81 bits per heavy atom. The van der Waals surface area contributed by atoms with Crippen LogP contribution in [0, 0.1) is 6.92 Å². The van der Waals surface area contributed by atoms with Gasteiger partial charge in [0.25, 0.3) is 0 Å². The lowest BCUT2D eigenvalue weighted by atomic mass is 10.3. The highest BCUT2D eigenvalue weighted by Crippen LogP contribution is 2.13. The normalized spacial score (nSPS) is 10.3. The largest absolute Gasteiger partial charge is 0.477 e. The average molecular weight is 218 g/mol. The summed E-state index contributed by atoms with van der Waals surface area (Å²) in [5.74, 6) is -0.631. The lowest BCUT2D eigenvalue weighted by Gasteiger charge is -2.04. The molecular weight excluding hydrogens is 208 g/mol. The number of carboxylic acid groups (broad SMARTS) is 1. The van der Waals surface area contributed by atoms with Gasteiger partial charge in [0.05, 0.1) is 17.6 Å². The molecule has 0 spiro atoms. The highest BCUT2D eigenvalue weighted by atomic mass is 16.4. The summed E-state index contributed by atoms with van der Waals surface area (Å²) in [6.07, 6.45) is 1.50. The van der Waals surface area contributed by atoms with E-state index < -0.39 is 5.97 Å². The molecule has 0 amide bonds. The number of anilines is 1. The van der Waals surface area contributed by atoms with Gasteiger partial charge in [-0.3, -0.25) is 0 Å². The Morgan fingerprint density at radius 2 is 2.25 bits per heavy atom. The molecule has 82 valence electrons. The van der Waals surface area contributed by atoms with E-state index in [9.17, 15) is 4.79 Å². The van der Waals surface area contributed by atoms with Crippen LogP contribution in [0.3, 0.4) is 0 Å². The first-order valence-electron chi connectivity index (χ1n) is 4.60. The van der Waals surface area contributed by atoms with Crippen LogP contribution < -0.4 is 5.73 Å². The van der Waals surface area contributed by atoms with Crippen LogP contribution in [0.15, 0.2) is 24.4 Å². The van der Waals surface area contributed by atoms with Crippen molar-refractivity contribution in [3.8, 4) is 5.82 Å². The zero-order valence-corrected chi connectivity index (χ0v) is 8.58. The van der Waals surface area contributed by atoms with E-state index in [-0.39, 0.29) is 5.69 Å². The molecule has 0 fully saturated rings. The Labute approximate surface area is 91.3 Å². The summed E-state index contributed by atoms with van der Waals surface area (Å²) in [4.78, 5) is 14.7. The highest BCUT2D eigenvalue weighted by Gasteiger charge is 2.09. The summed E-state index contributed by atoms with van der Waals surface area (Å²) >= 11 is 0. The number of nitrogens with two attached hydrogens (primary N) is 1. The van der Waals surface area contributed by atoms with E-state index in [2.05, 4.69) is 10.1 Å². The first-order valence-corrected chi connectivity index (χ1v) is 4.60. The first kappa shape index (κ1) is 10.2. The molecule has 2 aromatic rings. The summed E-state index contributed by atoms with van der Waals surface area (Å²) in [5, 5.41) is 12.8. The molecular formula is C10H10N4O2. The van der Waals surface area contributed by atoms with Crippen molar-refractivity contribution in [1.29, 1.82) is 0 Å². The van der Waals surface area contributed by atoms with Crippen LogP contribution >= 0.6 is 0 Å². The first-order chi connectivity index (χ1) is 7.59. The molecule has 0 radical (unpaired) electrons. The third kappa shape index (κ3) is 1.60. The number of carbonyl (C=O) groups is 1. The topological polar surface area (TPSA) is 94.0 Å². The predicted octanol–water partition coefficient (Wildman–Crippen LogP) is 0.856. The Morgan fingerprint density at radius 1 is 1.50 bits per heavy atom. The van der Waals surface area contributed by atoms with Gasteiger partial charge < -0.3 is 10.8 Å². The average Bonchev–Trinajstić information content (AvgIpc) is 2.60. The van der Waals surface area contributed by atoms with Crippen molar-refractivity contribution >= 4 is 11.7 Å². The minimum Gasteiger partial charge on any atom is -0.477 e. The lowest BCUT2D eigenvalue weighted by molar-refractivity contribution is 0.0690. The van der Waals surface area contributed by atoms with Crippen LogP contribution in [0.5, 0.6) is 0 Å². The van der Waals surface area contributed by atoms with E-state index in [0.717, 1.165) is 5.69 Å². The van der Waals surface area contributed by atoms with Crippen LogP contribution in [0.25, 0.3) is 5.82 Å². The van der Waals surface area contributed by atoms with Gasteiger partial charge in [-0.25, -0.2) is 14.5 Å². The summed E-state index contributed by atoms with van der Waals surface area (Å²) < 4.78 is 1.50. The molecule has 0 aliphatic rings. The molecule has 0 aliphatic carbocycles. The minimum atomic E-state index is -1.07. The lowest BCUT2D eigenvalue weighted by Crippen LogP contribution is -2.07. The Balaban J connectivity index is 2.52. The number of aromatic nitrogens is 3. The molecule has 0 aromatic carbocycles. The maximum absolute atomic E-state index is 10.8. The van der Waals surface area contributed by atoms with Crippen LogP contribution in [0.1, 0.15) is 16.2 Å². The van der Waals surface area contributed by atoms with Gasteiger partial charge in [-0.2, -0.15) is 5.10 Å². The molecule has 2 heterocycles. The molecule has 0 atom stereocenters. The van der Waals surface area contributed by atoms with Gasteiger partial charge in [0.15, 0.2) is 11.5 Å². The van der Waals surface area contributed by atoms with Crippen molar-refractivity contribution in [2.24, 2.45) is 0 Å². The van der Waals surface area contributed by atoms with Crippen LogP contribution in [-0.2, 0) is 0 Å². The minimum absolute atomic E-state index is 0.0222. The molecule has 2 rings (SSSR count). The Bertz CT molecular complexity index is 548. The van der Waals surface area contributed by atoms with E-state index in [1.807, 2.05) is 0 Å². The second-order valence-electron chi connectivity index (χ2n) is 3.28. The van der Waals surface area contributed by atoms with E-state index in [0.29, 0.717) is 11.5 Å². The van der Waals surface area contributed by atoms with Gasteiger partial charge in [0.2, 0.25) is 0 Å². The SMILES string of the molecule is Cc1c(N)cnn1-c1cccc(C(=O)O)n1.